The van der Waals surface area contributed by atoms with Gasteiger partial charge in [0.05, 0.1) is 11.1 Å². The number of esters is 2. The SMILES string of the molecule is O=C(O[C@@H]1Cc2c(O)cc(O)cc2OC1c1cc(O)c(O)c(O)c1-c1c([C@H]2Oc3cc(O)cc(O)c3C[C@H]2OC(=O)c2cc(O)c(O)c(O)c2)cc(O)c(O)c1O)c1cc(O)c(O)c(O)c1. The quantitative estimate of drug-likeness (QED) is 0.0777. The van der Waals surface area contributed by atoms with Crippen LogP contribution in [0.25, 0.3) is 11.1 Å². The monoisotopic (exact) mass is 914 g/mol. The Morgan fingerprint density at radius 1 is 0.394 bits per heavy atom. The van der Waals surface area contributed by atoms with Gasteiger partial charge in [-0.25, -0.2) is 9.59 Å². The van der Waals surface area contributed by atoms with E-state index >= 15 is 0 Å². The highest BCUT2D eigenvalue weighted by atomic mass is 16.6. The first-order valence-corrected chi connectivity index (χ1v) is 19.0. The molecule has 1 unspecified atom stereocenters. The lowest BCUT2D eigenvalue weighted by atomic mass is 9.83. The second-order valence-corrected chi connectivity index (χ2v) is 15.1. The van der Waals surface area contributed by atoms with Gasteiger partial charge in [0, 0.05) is 70.5 Å². The van der Waals surface area contributed by atoms with Crippen LogP contribution < -0.4 is 9.47 Å². The second-order valence-electron chi connectivity index (χ2n) is 15.1. The lowest BCUT2D eigenvalue weighted by molar-refractivity contribution is -0.0196. The third-order valence-electron chi connectivity index (χ3n) is 10.9. The van der Waals surface area contributed by atoms with E-state index in [0.29, 0.717) is 0 Å². The zero-order valence-corrected chi connectivity index (χ0v) is 33.1. The largest absolute Gasteiger partial charge is 0.508 e. The summed E-state index contributed by atoms with van der Waals surface area (Å²) in [6.45, 7) is 0. The van der Waals surface area contributed by atoms with E-state index in [9.17, 15) is 91.3 Å². The number of rotatable bonds is 7. The van der Waals surface area contributed by atoms with Gasteiger partial charge in [-0.2, -0.15) is 0 Å². The zero-order valence-electron chi connectivity index (χ0n) is 33.1. The summed E-state index contributed by atoms with van der Waals surface area (Å²) in [6, 6.07) is 8.30. The van der Waals surface area contributed by atoms with Crippen LogP contribution in [0.1, 0.15) is 55.2 Å². The Balaban J connectivity index is 1.34. The summed E-state index contributed by atoms with van der Waals surface area (Å²) in [7, 11) is 0. The van der Waals surface area contributed by atoms with Gasteiger partial charge in [-0.15, -0.1) is 0 Å². The van der Waals surface area contributed by atoms with Crippen molar-refractivity contribution in [3.8, 4) is 115 Å². The predicted octanol–water partition coefficient (Wildman–Crippen LogP) is 4.45. The molecule has 16 N–H and O–H groups in total. The lowest BCUT2D eigenvalue weighted by Crippen LogP contribution is -2.36. The molecule has 0 aromatic heterocycles. The molecule has 0 spiro atoms. The highest BCUT2D eigenvalue weighted by Gasteiger charge is 2.44. The van der Waals surface area contributed by atoms with Gasteiger partial charge in [0.2, 0.25) is 11.5 Å². The maximum absolute atomic E-state index is 13.7. The fourth-order valence-corrected chi connectivity index (χ4v) is 7.79. The summed E-state index contributed by atoms with van der Waals surface area (Å²) < 4.78 is 23.8. The van der Waals surface area contributed by atoms with Crippen molar-refractivity contribution in [3.05, 3.63) is 94.0 Å². The molecule has 0 radical (unpaired) electrons. The first kappa shape index (κ1) is 43.3. The Labute approximate surface area is 367 Å². The highest BCUT2D eigenvalue weighted by Crippen LogP contribution is 2.58. The summed E-state index contributed by atoms with van der Waals surface area (Å²) in [6.07, 6.45) is -8.25. The third kappa shape index (κ3) is 7.32. The average molecular weight is 915 g/mol. The molecule has 4 atom stereocenters. The predicted molar refractivity (Wildman–Crippen MR) is 217 cm³/mol. The summed E-state index contributed by atoms with van der Waals surface area (Å²) in [5.74, 6) is -18.5. The van der Waals surface area contributed by atoms with Crippen molar-refractivity contribution in [2.75, 3.05) is 0 Å². The fourth-order valence-electron chi connectivity index (χ4n) is 7.79. The Morgan fingerprint density at radius 3 is 1.05 bits per heavy atom. The van der Waals surface area contributed by atoms with E-state index < -0.39 is 175 Å². The number of carbonyl (C=O) groups is 2. The van der Waals surface area contributed by atoms with Gasteiger partial charge in [-0.05, 0) is 36.4 Å². The summed E-state index contributed by atoms with van der Waals surface area (Å²) in [5.41, 5.74) is -3.93. The number of phenolic OH excluding ortho intramolecular Hbond substituents is 16. The van der Waals surface area contributed by atoms with Crippen LogP contribution in [0.2, 0.25) is 0 Å². The topological polar surface area (TPSA) is 395 Å². The molecule has 2 aliphatic rings. The molecule has 2 aliphatic heterocycles. The van der Waals surface area contributed by atoms with Crippen molar-refractivity contribution in [2.45, 2.75) is 37.3 Å². The van der Waals surface area contributed by atoms with Crippen molar-refractivity contribution in [1.82, 2.24) is 0 Å². The van der Waals surface area contributed by atoms with E-state index in [4.69, 9.17) is 18.9 Å². The van der Waals surface area contributed by atoms with Crippen LogP contribution in [0.15, 0.2) is 60.7 Å². The maximum Gasteiger partial charge on any atom is 0.338 e. The van der Waals surface area contributed by atoms with Crippen molar-refractivity contribution in [1.29, 1.82) is 0 Å². The molecule has 8 rings (SSSR count). The number of hydrogen-bond donors (Lipinski definition) is 16. The normalized spacial score (nSPS) is 17.4. The summed E-state index contributed by atoms with van der Waals surface area (Å²) in [5, 5.41) is 170. The maximum atomic E-state index is 13.7. The number of aromatic hydroxyl groups is 16. The molecule has 66 heavy (non-hydrogen) atoms. The van der Waals surface area contributed by atoms with E-state index in [1.165, 1.54) is 0 Å². The summed E-state index contributed by atoms with van der Waals surface area (Å²) in [4.78, 5) is 27.3. The molecule has 0 bridgehead atoms. The molecule has 0 fully saturated rings. The molecule has 0 aliphatic carbocycles. The van der Waals surface area contributed by atoms with Crippen LogP contribution in [0, 0.1) is 0 Å². The number of fused-ring (bicyclic) bond motifs is 2. The molecule has 22 heteroatoms. The molecular formula is C44H34O22. The highest BCUT2D eigenvalue weighted by molar-refractivity contribution is 5.93. The van der Waals surface area contributed by atoms with E-state index in [0.717, 1.165) is 60.7 Å². The fraction of sp³-hybridized carbons (Fsp3) is 0.136. The van der Waals surface area contributed by atoms with Crippen molar-refractivity contribution >= 4 is 11.9 Å². The van der Waals surface area contributed by atoms with Crippen LogP contribution >= 0.6 is 0 Å². The van der Waals surface area contributed by atoms with Crippen LogP contribution in [0.4, 0.5) is 0 Å². The minimum Gasteiger partial charge on any atom is -0.508 e. The minimum atomic E-state index is -1.87. The minimum absolute atomic E-state index is 0.0847. The Morgan fingerprint density at radius 2 is 0.712 bits per heavy atom. The van der Waals surface area contributed by atoms with Crippen LogP contribution in [-0.4, -0.2) is 106 Å². The number of carbonyl (C=O) groups excluding carboxylic acids is 2. The Kier molecular flexibility index (Phi) is 10.4. The number of ether oxygens (including phenoxy) is 4. The van der Waals surface area contributed by atoms with Gasteiger partial charge in [0.25, 0.3) is 0 Å². The first-order valence-electron chi connectivity index (χ1n) is 19.0. The number of benzene rings is 6. The molecule has 0 saturated carbocycles. The average Bonchev–Trinajstić information content (AvgIpc) is 3.25. The second kappa shape index (κ2) is 15.8. The molecular weight excluding hydrogens is 880 g/mol. The molecule has 6 aromatic rings. The van der Waals surface area contributed by atoms with Crippen LogP contribution in [0.3, 0.4) is 0 Å². The number of phenols is 16. The smallest absolute Gasteiger partial charge is 0.338 e. The molecule has 0 saturated heterocycles. The molecule has 6 aromatic carbocycles. The molecule has 2 heterocycles. The van der Waals surface area contributed by atoms with Crippen molar-refractivity contribution in [3.63, 3.8) is 0 Å². The summed E-state index contributed by atoms with van der Waals surface area (Å²) >= 11 is 0. The first-order chi connectivity index (χ1) is 31.1. The third-order valence-corrected chi connectivity index (χ3v) is 10.9. The zero-order chi connectivity index (χ0) is 47.8. The molecule has 342 valence electrons. The van der Waals surface area contributed by atoms with E-state index in [1.807, 2.05) is 0 Å². The lowest BCUT2D eigenvalue weighted by Gasteiger charge is -2.37. The van der Waals surface area contributed by atoms with Gasteiger partial charge in [0.1, 0.15) is 46.7 Å². The van der Waals surface area contributed by atoms with Gasteiger partial charge >= 0.3 is 11.9 Å². The van der Waals surface area contributed by atoms with E-state index in [2.05, 4.69) is 0 Å². The van der Waals surface area contributed by atoms with Gasteiger partial charge in [-0.1, -0.05) is 0 Å². The van der Waals surface area contributed by atoms with Gasteiger partial charge in [-0.3, -0.25) is 0 Å². The number of hydrogen-bond acceptors (Lipinski definition) is 22. The van der Waals surface area contributed by atoms with E-state index in [1.54, 1.807) is 0 Å². The Hall–Kier alpha value is -9.34. The molecule has 22 nitrogen and oxygen atoms in total. The molecule has 0 amide bonds. The van der Waals surface area contributed by atoms with Gasteiger partial charge < -0.3 is 101 Å². The van der Waals surface area contributed by atoms with Gasteiger partial charge in [0.15, 0.2) is 69.7 Å². The van der Waals surface area contributed by atoms with Crippen LogP contribution in [-0.2, 0) is 22.3 Å². The Bertz CT molecular complexity index is 2790. The van der Waals surface area contributed by atoms with Crippen LogP contribution in [0.5, 0.6) is 103 Å². The van der Waals surface area contributed by atoms with E-state index in [-0.39, 0.29) is 22.6 Å². The standard InChI is InChI=1S/C44H34O22/c45-15-5-21(47)17-11-31(65-43(61)13-1-23(49)35(55)24(50)2-13)41(63-29(17)7-15)19-9-27(53)37(57)39(59)33(19)34-20(10-28(54)38(58)40(34)60)42-32(12-18-22(48)6-16(46)8-30(18)64-42)66-44(62)14-3-25(51)36(56)26(52)4-14/h1-10,31-32,41-42,45-60H,11-12H2/t31-,32-,41-,42?/m1/s1. The van der Waals surface area contributed by atoms with Crippen molar-refractivity contribution in [2.24, 2.45) is 0 Å². The van der Waals surface area contributed by atoms with Crippen molar-refractivity contribution < 1.29 is 110 Å².